The van der Waals surface area contributed by atoms with E-state index < -0.39 is 10.0 Å². The number of rotatable bonds is 4. The Bertz CT molecular complexity index is 963. The summed E-state index contributed by atoms with van der Waals surface area (Å²) in [5, 5.41) is 3.26. The van der Waals surface area contributed by atoms with Crippen molar-refractivity contribution < 1.29 is 13.2 Å². The molecule has 1 amide bonds. The van der Waals surface area contributed by atoms with Crippen LogP contribution in [0.25, 0.3) is 0 Å². The molecule has 0 radical (unpaired) electrons. The van der Waals surface area contributed by atoms with Crippen LogP contribution in [0.4, 0.5) is 5.69 Å². The van der Waals surface area contributed by atoms with Crippen molar-refractivity contribution in [1.82, 2.24) is 10.2 Å². The highest BCUT2D eigenvalue weighted by atomic mass is 35.5. The Hall–Kier alpha value is -2.09. The molecule has 0 aromatic heterocycles. The molecule has 1 aliphatic rings. The molecule has 0 bridgehead atoms. The molecule has 1 heterocycles. The Labute approximate surface area is 172 Å². The van der Waals surface area contributed by atoms with E-state index in [1.165, 1.54) is 0 Å². The summed E-state index contributed by atoms with van der Waals surface area (Å²) in [6.07, 6.45) is 0. The van der Waals surface area contributed by atoms with Gasteiger partial charge in [0.15, 0.2) is 0 Å². The van der Waals surface area contributed by atoms with Gasteiger partial charge in [0.25, 0.3) is 15.9 Å². The topological polar surface area (TPSA) is 78.5 Å². The van der Waals surface area contributed by atoms with E-state index in [0.717, 1.165) is 18.7 Å². The normalized spacial score (nSPS) is 17.0. The van der Waals surface area contributed by atoms with Gasteiger partial charge in [-0.05, 0) is 56.2 Å². The van der Waals surface area contributed by atoms with E-state index in [1.807, 2.05) is 24.8 Å². The lowest BCUT2D eigenvalue weighted by Crippen LogP contribution is -2.52. The number of amides is 1. The van der Waals surface area contributed by atoms with Gasteiger partial charge in [-0.2, -0.15) is 0 Å². The molecule has 1 fully saturated rings. The summed E-state index contributed by atoms with van der Waals surface area (Å²) in [5.74, 6) is -0.0863. The molecule has 1 unspecified atom stereocenters. The SMILES string of the molecule is Cc1ccc(C)c(S(=O)(=O)Nc2cccc(C(=O)N3CCNCC3C)c2)c1.Cl. The van der Waals surface area contributed by atoms with Gasteiger partial charge < -0.3 is 10.2 Å². The van der Waals surface area contributed by atoms with Gasteiger partial charge in [-0.3, -0.25) is 9.52 Å². The van der Waals surface area contributed by atoms with Crippen LogP contribution in [0.1, 0.15) is 28.4 Å². The number of nitrogens with one attached hydrogen (secondary N) is 2. The zero-order valence-corrected chi connectivity index (χ0v) is 17.9. The summed E-state index contributed by atoms with van der Waals surface area (Å²) in [6, 6.07) is 12.1. The largest absolute Gasteiger partial charge is 0.333 e. The molecule has 152 valence electrons. The molecule has 0 spiro atoms. The Balaban J connectivity index is 0.00000280. The quantitative estimate of drug-likeness (QED) is 0.792. The van der Waals surface area contributed by atoms with Crippen molar-refractivity contribution in [2.24, 2.45) is 0 Å². The first-order valence-corrected chi connectivity index (χ1v) is 10.5. The molecule has 2 aromatic carbocycles. The second-order valence-corrected chi connectivity index (χ2v) is 8.66. The van der Waals surface area contributed by atoms with Crippen molar-refractivity contribution in [2.75, 3.05) is 24.4 Å². The number of benzene rings is 2. The summed E-state index contributed by atoms with van der Waals surface area (Å²) in [6.45, 7) is 7.77. The first-order chi connectivity index (χ1) is 12.8. The molecule has 1 atom stereocenters. The number of sulfonamides is 1. The van der Waals surface area contributed by atoms with Crippen molar-refractivity contribution in [1.29, 1.82) is 0 Å². The van der Waals surface area contributed by atoms with Crippen LogP contribution < -0.4 is 10.0 Å². The fraction of sp³-hybridized carbons (Fsp3) is 0.350. The predicted molar refractivity (Wildman–Crippen MR) is 114 cm³/mol. The number of carbonyl (C=O) groups is 1. The fourth-order valence-electron chi connectivity index (χ4n) is 3.23. The third kappa shape index (κ3) is 4.84. The number of piperazine rings is 1. The predicted octanol–water partition coefficient (Wildman–Crippen LogP) is 2.96. The number of carbonyl (C=O) groups excluding carboxylic acids is 1. The first-order valence-electron chi connectivity index (χ1n) is 9.00. The van der Waals surface area contributed by atoms with Crippen molar-refractivity contribution >= 4 is 34.0 Å². The van der Waals surface area contributed by atoms with Crippen molar-refractivity contribution in [3.8, 4) is 0 Å². The van der Waals surface area contributed by atoms with Gasteiger partial charge in [0.2, 0.25) is 0 Å². The molecule has 2 aromatic rings. The second kappa shape index (κ2) is 8.94. The number of hydrogen-bond donors (Lipinski definition) is 2. The minimum Gasteiger partial charge on any atom is -0.333 e. The molecule has 2 N–H and O–H groups in total. The highest BCUT2D eigenvalue weighted by molar-refractivity contribution is 7.92. The monoisotopic (exact) mass is 423 g/mol. The minimum absolute atomic E-state index is 0. The van der Waals surface area contributed by atoms with Crippen LogP contribution in [0.2, 0.25) is 0 Å². The van der Waals surface area contributed by atoms with Gasteiger partial charge in [-0.25, -0.2) is 8.42 Å². The molecule has 0 saturated carbocycles. The maximum atomic E-state index is 12.8. The van der Waals surface area contributed by atoms with E-state index in [9.17, 15) is 13.2 Å². The lowest BCUT2D eigenvalue weighted by atomic mass is 10.1. The van der Waals surface area contributed by atoms with Gasteiger partial charge in [0.1, 0.15) is 0 Å². The summed E-state index contributed by atoms with van der Waals surface area (Å²) in [5.41, 5.74) is 2.40. The maximum absolute atomic E-state index is 12.8. The molecule has 1 saturated heterocycles. The Morgan fingerprint density at radius 2 is 1.93 bits per heavy atom. The Morgan fingerprint density at radius 1 is 1.18 bits per heavy atom. The average molecular weight is 424 g/mol. The van der Waals surface area contributed by atoms with Crippen LogP contribution in [0.3, 0.4) is 0 Å². The van der Waals surface area contributed by atoms with Crippen molar-refractivity contribution in [3.05, 3.63) is 59.2 Å². The number of hydrogen-bond acceptors (Lipinski definition) is 4. The van der Waals surface area contributed by atoms with Gasteiger partial charge in [-0.15, -0.1) is 12.4 Å². The van der Waals surface area contributed by atoms with Crippen molar-refractivity contribution in [3.63, 3.8) is 0 Å². The van der Waals surface area contributed by atoms with Gasteiger partial charge in [0, 0.05) is 36.9 Å². The zero-order valence-electron chi connectivity index (χ0n) is 16.2. The minimum atomic E-state index is -3.73. The zero-order chi connectivity index (χ0) is 19.6. The summed E-state index contributed by atoms with van der Waals surface area (Å²) < 4.78 is 28.2. The standard InChI is InChI=1S/C20H25N3O3S.ClH/c1-14-7-8-15(2)19(11-14)27(25,26)22-18-6-4-5-17(12-18)20(24)23-10-9-21-13-16(23)3;/h4-8,11-12,16,21-22H,9-10,13H2,1-3H3;1H. The molecule has 8 heteroatoms. The highest BCUT2D eigenvalue weighted by Gasteiger charge is 2.24. The molecule has 0 aliphatic carbocycles. The Morgan fingerprint density at radius 3 is 2.64 bits per heavy atom. The number of aryl methyl sites for hydroxylation is 2. The molecular weight excluding hydrogens is 398 g/mol. The first kappa shape index (κ1) is 22.2. The van der Waals surface area contributed by atoms with Gasteiger partial charge in [0.05, 0.1) is 4.90 Å². The van der Waals surface area contributed by atoms with Crippen LogP contribution in [-0.4, -0.2) is 44.9 Å². The van der Waals surface area contributed by atoms with Crippen molar-refractivity contribution in [2.45, 2.75) is 31.7 Å². The fourth-order valence-corrected chi connectivity index (χ4v) is 4.61. The lowest BCUT2D eigenvalue weighted by molar-refractivity contribution is 0.0656. The van der Waals surface area contributed by atoms with Crippen LogP contribution in [-0.2, 0) is 10.0 Å². The van der Waals surface area contributed by atoms with E-state index >= 15 is 0 Å². The smallest absolute Gasteiger partial charge is 0.262 e. The summed E-state index contributed by atoms with van der Waals surface area (Å²) >= 11 is 0. The molecule has 28 heavy (non-hydrogen) atoms. The van der Waals surface area contributed by atoms with E-state index in [0.29, 0.717) is 23.4 Å². The van der Waals surface area contributed by atoms with E-state index in [-0.39, 0.29) is 29.3 Å². The summed E-state index contributed by atoms with van der Waals surface area (Å²) in [7, 11) is -3.73. The maximum Gasteiger partial charge on any atom is 0.262 e. The third-order valence-electron chi connectivity index (χ3n) is 4.76. The average Bonchev–Trinajstić information content (AvgIpc) is 2.63. The van der Waals surface area contributed by atoms with Gasteiger partial charge in [-0.1, -0.05) is 18.2 Å². The van der Waals surface area contributed by atoms with Crippen LogP contribution in [0, 0.1) is 13.8 Å². The molecule has 1 aliphatic heterocycles. The number of anilines is 1. The molecule has 3 rings (SSSR count). The third-order valence-corrected chi connectivity index (χ3v) is 6.28. The van der Waals surface area contributed by atoms with E-state index in [2.05, 4.69) is 10.0 Å². The van der Waals surface area contributed by atoms with E-state index in [4.69, 9.17) is 0 Å². The highest BCUT2D eigenvalue weighted by Crippen LogP contribution is 2.22. The lowest BCUT2D eigenvalue weighted by Gasteiger charge is -2.34. The summed E-state index contributed by atoms with van der Waals surface area (Å²) in [4.78, 5) is 14.9. The second-order valence-electron chi connectivity index (χ2n) is 7.01. The molecular formula is C20H26ClN3O3S. The van der Waals surface area contributed by atoms with Crippen LogP contribution in [0.5, 0.6) is 0 Å². The number of nitrogens with zero attached hydrogens (tertiary/aromatic N) is 1. The van der Waals surface area contributed by atoms with Gasteiger partial charge >= 0.3 is 0 Å². The molecule has 6 nitrogen and oxygen atoms in total. The van der Waals surface area contributed by atoms with Crippen LogP contribution in [0.15, 0.2) is 47.4 Å². The van der Waals surface area contributed by atoms with E-state index in [1.54, 1.807) is 43.3 Å². The number of halogens is 1. The Kier molecular flexibility index (Phi) is 7.09. The van der Waals surface area contributed by atoms with Crippen LogP contribution >= 0.6 is 12.4 Å².